The normalized spacial score (nSPS) is 13.5. The molecule has 0 spiro atoms. The van der Waals surface area contributed by atoms with Crippen LogP contribution in [-0.2, 0) is 11.2 Å². The van der Waals surface area contributed by atoms with Crippen LogP contribution in [0.3, 0.4) is 0 Å². The molecule has 3 heteroatoms. The molecule has 1 heterocycles. The van der Waals surface area contributed by atoms with E-state index in [1.54, 1.807) is 0 Å². The van der Waals surface area contributed by atoms with E-state index in [1.165, 1.54) is 16.7 Å². The van der Waals surface area contributed by atoms with Crippen LogP contribution in [0.1, 0.15) is 51.9 Å². The number of ketones is 1. The molecule has 0 aromatic heterocycles. The number of carbonyl (C=O) groups is 2. The van der Waals surface area contributed by atoms with Crippen molar-refractivity contribution >= 4 is 17.4 Å². The summed E-state index contributed by atoms with van der Waals surface area (Å²) in [6.07, 6.45) is 2.52. The summed E-state index contributed by atoms with van der Waals surface area (Å²) >= 11 is 0. The van der Waals surface area contributed by atoms with Crippen LogP contribution in [0.4, 0.5) is 5.69 Å². The topological polar surface area (TPSA) is 37.4 Å². The first kappa shape index (κ1) is 17.4. The maximum absolute atomic E-state index is 12.7. The van der Waals surface area contributed by atoms with Crippen molar-refractivity contribution in [3.8, 4) is 0 Å². The number of rotatable bonds is 4. The molecule has 2 aromatic carbocycles. The van der Waals surface area contributed by atoms with Crippen molar-refractivity contribution in [2.75, 3.05) is 11.4 Å². The van der Waals surface area contributed by atoms with Crippen molar-refractivity contribution < 1.29 is 9.59 Å². The lowest BCUT2D eigenvalue weighted by Gasteiger charge is -2.29. The summed E-state index contributed by atoms with van der Waals surface area (Å²) in [7, 11) is 0. The fourth-order valence-electron chi connectivity index (χ4n) is 3.40. The first-order valence-corrected chi connectivity index (χ1v) is 8.96. The molecule has 25 heavy (non-hydrogen) atoms. The number of hydrogen-bond acceptors (Lipinski definition) is 2. The molecule has 1 amide bonds. The van der Waals surface area contributed by atoms with Gasteiger partial charge in [0, 0.05) is 30.6 Å². The van der Waals surface area contributed by atoms with E-state index in [9.17, 15) is 9.59 Å². The minimum absolute atomic E-state index is 0.0394. The van der Waals surface area contributed by atoms with Crippen molar-refractivity contribution in [3.63, 3.8) is 0 Å². The molecule has 0 unspecified atom stereocenters. The van der Waals surface area contributed by atoms with Crippen LogP contribution < -0.4 is 4.90 Å². The third kappa shape index (κ3) is 3.81. The SMILES string of the molecule is Cc1ccc2c(c1)CCCN2C(=O)CCC(=O)c1ccc(C)c(C)c1. The Morgan fingerprint density at radius 3 is 2.52 bits per heavy atom. The molecule has 0 saturated carbocycles. The monoisotopic (exact) mass is 335 g/mol. The Morgan fingerprint density at radius 2 is 1.76 bits per heavy atom. The number of amides is 1. The fourth-order valence-corrected chi connectivity index (χ4v) is 3.40. The van der Waals surface area contributed by atoms with Gasteiger partial charge in [0.2, 0.25) is 5.91 Å². The lowest BCUT2D eigenvalue weighted by Crippen LogP contribution is -2.35. The second-order valence-electron chi connectivity index (χ2n) is 7.00. The van der Waals surface area contributed by atoms with Crippen molar-refractivity contribution in [1.82, 2.24) is 0 Å². The standard InChI is InChI=1S/C22H25NO2/c1-15-6-9-20-18(13-15)5-4-12-23(20)22(25)11-10-21(24)19-8-7-16(2)17(3)14-19/h6-9,13-14H,4-5,10-12H2,1-3H3. The van der Waals surface area contributed by atoms with Gasteiger partial charge in [0.05, 0.1) is 0 Å². The Hall–Kier alpha value is -2.42. The van der Waals surface area contributed by atoms with E-state index in [0.717, 1.165) is 30.6 Å². The summed E-state index contributed by atoms with van der Waals surface area (Å²) in [5, 5.41) is 0. The summed E-state index contributed by atoms with van der Waals surface area (Å²) in [6.45, 7) is 6.85. The van der Waals surface area contributed by atoms with E-state index in [1.807, 2.05) is 49.1 Å². The van der Waals surface area contributed by atoms with Gasteiger partial charge < -0.3 is 4.90 Å². The second kappa shape index (κ2) is 7.22. The van der Waals surface area contributed by atoms with Crippen molar-refractivity contribution in [1.29, 1.82) is 0 Å². The van der Waals surface area contributed by atoms with Gasteiger partial charge in [-0.15, -0.1) is 0 Å². The molecular weight excluding hydrogens is 310 g/mol. The van der Waals surface area contributed by atoms with Crippen LogP contribution in [0.2, 0.25) is 0 Å². The van der Waals surface area contributed by atoms with E-state index >= 15 is 0 Å². The highest BCUT2D eigenvalue weighted by Gasteiger charge is 2.23. The average molecular weight is 335 g/mol. The third-order valence-electron chi connectivity index (χ3n) is 5.05. The van der Waals surface area contributed by atoms with Gasteiger partial charge >= 0.3 is 0 Å². The number of Topliss-reactive ketones (excluding diaryl/α,β-unsaturated/α-hetero) is 1. The number of aryl methyl sites for hydroxylation is 4. The number of fused-ring (bicyclic) bond motifs is 1. The Morgan fingerprint density at radius 1 is 0.960 bits per heavy atom. The quantitative estimate of drug-likeness (QED) is 0.769. The first-order chi connectivity index (χ1) is 12.0. The predicted molar refractivity (Wildman–Crippen MR) is 101 cm³/mol. The summed E-state index contributed by atoms with van der Waals surface area (Å²) in [4.78, 5) is 26.9. The van der Waals surface area contributed by atoms with Crippen LogP contribution in [-0.4, -0.2) is 18.2 Å². The Kier molecular flexibility index (Phi) is 5.03. The van der Waals surface area contributed by atoms with Gasteiger partial charge in [-0.05, 0) is 62.4 Å². The molecule has 0 atom stereocenters. The molecule has 1 aliphatic heterocycles. The largest absolute Gasteiger partial charge is 0.312 e. The molecular formula is C22H25NO2. The van der Waals surface area contributed by atoms with Crippen LogP contribution in [0.5, 0.6) is 0 Å². The lowest BCUT2D eigenvalue weighted by molar-refractivity contribution is -0.118. The summed E-state index contributed by atoms with van der Waals surface area (Å²) < 4.78 is 0. The number of nitrogens with zero attached hydrogens (tertiary/aromatic N) is 1. The van der Waals surface area contributed by atoms with E-state index < -0.39 is 0 Å². The number of carbonyl (C=O) groups excluding carboxylic acids is 2. The van der Waals surface area contributed by atoms with Gasteiger partial charge in [0.25, 0.3) is 0 Å². The minimum atomic E-state index is 0.0394. The number of hydrogen-bond donors (Lipinski definition) is 0. The van der Waals surface area contributed by atoms with Crippen LogP contribution in [0.15, 0.2) is 36.4 Å². The molecule has 0 saturated heterocycles. The average Bonchev–Trinajstić information content (AvgIpc) is 2.60. The molecule has 3 nitrogen and oxygen atoms in total. The third-order valence-corrected chi connectivity index (χ3v) is 5.05. The molecule has 0 fully saturated rings. The zero-order chi connectivity index (χ0) is 18.0. The zero-order valence-electron chi connectivity index (χ0n) is 15.3. The van der Waals surface area contributed by atoms with Gasteiger partial charge in [-0.25, -0.2) is 0 Å². The molecule has 3 rings (SSSR count). The van der Waals surface area contributed by atoms with E-state index in [2.05, 4.69) is 13.0 Å². The molecule has 0 N–H and O–H groups in total. The minimum Gasteiger partial charge on any atom is -0.312 e. The number of benzene rings is 2. The predicted octanol–water partition coefficient (Wildman–Crippen LogP) is 4.55. The Bertz CT molecular complexity index is 823. The smallest absolute Gasteiger partial charge is 0.227 e. The molecule has 0 radical (unpaired) electrons. The maximum Gasteiger partial charge on any atom is 0.227 e. The maximum atomic E-state index is 12.7. The molecule has 1 aliphatic rings. The highest BCUT2D eigenvalue weighted by Crippen LogP contribution is 2.28. The van der Waals surface area contributed by atoms with E-state index in [4.69, 9.17) is 0 Å². The van der Waals surface area contributed by atoms with Crippen LogP contribution in [0.25, 0.3) is 0 Å². The van der Waals surface area contributed by atoms with Crippen molar-refractivity contribution in [2.45, 2.75) is 46.5 Å². The van der Waals surface area contributed by atoms with Crippen LogP contribution >= 0.6 is 0 Å². The van der Waals surface area contributed by atoms with E-state index in [-0.39, 0.29) is 24.5 Å². The molecule has 0 bridgehead atoms. The van der Waals surface area contributed by atoms with Crippen molar-refractivity contribution in [2.24, 2.45) is 0 Å². The van der Waals surface area contributed by atoms with Gasteiger partial charge in [0.1, 0.15) is 0 Å². The van der Waals surface area contributed by atoms with Gasteiger partial charge in [0.15, 0.2) is 5.78 Å². The number of anilines is 1. The highest BCUT2D eigenvalue weighted by molar-refractivity contribution is 6.01. The molecule has 0 aliphatic carbocycles. The van der Waals surface area contributed by atoms with Crippen LogP contribution in [0, 0.1) is 20.8 Å². The zero-order valence-corrected chi connectivity index (χ0v) is 15.3. The Labute approximate surface area is 149 Å². The first-order valence-electron chi connectivity index (χ1n) is 8.96. The molecule has 2 aromatic rings. The fraction of sp³-hybridized carbons (Fsp3) is 0.364. The van der Waals surface area contributed by atoms with Gasteiger partial charge in [-0.3, -0.25) is 9.59 Å². The summed E-state index contributed by atoms with van der Waals surface area (Å²) in [5.74, 6) is 0.0829. The summed E-state index contributed by atoms with van der Waals surface area (Å²) in [5.41, 5.74) is 6.45. The lowest BCUT2D eigenvalue weighted by atomic mass is 9.98. The Balaban J connectivity index is 1.67. The van der Waals surface area contributed by atoms with Gasteiger partial charge in [-0.1, -0.05) is 29.8 Å². The van der Waals surface area contributed by atoms with Gasteiger partial charge in [-0.2, -0.15) is 0 Å². The highest BCUT2D eigenvalue weighted by atomic mass is 16.2. The summed E-state index contributed by atoms with van der Waals surface area (Å²) in [6, 6.07) is 12.0. The molecule has 130 valence electrons. The van der Waals surface area contributed by atoms with E-state index in [0.29, 0.717) is 5.56 Å². The van der Waals surface area contributed by atoms with Crippen molar-refractivity contribution in [3.05, 3.63) is 64.2 Å². The second-order valence-corrected chi connectivity index (χ2v) is 7.00.